The molecular weight excluding hydrogens is 476 g/mol. The number of nitrogens with zero attached hydrogens (tertiary/aromatic N) is 5. The lowest BCUT2D eigenvalue weighted by Gasteiger charge is -2.35. The van der Waals surface area contributed by atoms with Gasteiger partial charge >= 0.3 is 6.18 Å². The van der Waals surface area contributed by atoms with E-state index in [1.165, 1.54) is 11.9 Å². The predicted octanol–water partition coefficient (Wildman–Crippen LogP) is 1.87. The van der Waals surface area contributed by atoms with Crippen molar-refractivity contribution in [2.45, 2.75) is 19.2 Å². The van der Waals surface area contributed by atoms with E-state index in [1.807, 2.05) is 20.2 Å². The van der Waals surface area contributed by atoms with Crippen LogP contribution in [0.1, 0.15) is 18.6 Å². The van der Waals surface area contributed by atoms with Crippen LogP contribution in [-0.2, 0) is 11.8 Å². The molecule has 27 heavy (non-hydrogen) atoms. The summed E-state index contributed by atoms with van der Waals surface area (Å²) < 4.78 is 44.7. The summed E-state index contributed by atoms with van der Waals surface area (Å²) in [7, 11) is 3.30. The molecule has 7 nitrogen and oxygen atoms in total. The minimum absolute atomic E-state index is 0. The van der Waals surface area contributed by atoms with Crippen LogP contribution in [0.15, 0.2) is 17.4 Å². The number of rotatable bonds is 6. The SMILES string of the molecule is CCNC(=NCCN(C)CC(F)(F)F)N1CCOC(c2cnn(C)c2)C1.I. The number of alkyl halides is 3. The van der Waals surface area contributed by atoms with E-state index in [1.54, 1.807) is 10.9 Å². The van der Waals surface area contributed by atoms with Gasteiger partial charge in [0.25, 0.3) is 0 Å². The average Bonchev–Trinajstić information content (AvgIpc) is 2.99. The molecule has 0 amide bonds. The Bertz CT molecular complexity index is 595. The molecule has 2 rings (SSSR count). The minimum Gasteiger partial charge on any atom is -0.370 e. The number of ether oxygens (including phenoxy) is 1. The van der Waals surface area contributed by atoms with Crippen molar-refractivity contribution in [2.75, 3.05) is 52.9 Å². The van der Waals surface area contributed by atoms with Gasteiger partial charge in [-0.15, -0.1) is 24.0 Å². The summed E-state index contributed by atoms with van der Waals surface area (Å²) in [6, 6.07) is 0. The van der Waals surface area contributed by atoms with Gasteiger partial charge in [0.05, 0.1) is 32.4 Å². The van der Waals surface area contributed by atoms with Gasteiger partial charge in [-0.2, -0.15) is 18.3 Å². The molecule has 156 valence electrons. The minimum atomic E-state index is -4.19. The van der Waals surface area contributed by atoms with Crippen molar-refractivity contribution in [3.63, 3.8) is 0 Å². The Balaban J connectivity index is 0.00000364. The number of nitrogens with one attached hydrogen (secondary N) is 1. The van der Waals surface area contributed by atoms with E-state index in [-0.39, 0.29) is 36.6 Å². The molecule has 11 heteroatoms. The lowest BCUT2D eigenvalue weighted by Crippen LogP contribution is -2.48. The molecule has 0 radical (unpaired) electrons. The molecule has 0 saturated carbocycles. The van der Waals surface area contributed by atoms with Crippen LogP contribution in [-0.4, -0.2) is 84.6 Å². The molecule has 1 saturated heterocycles. The van der Waals surface area contributed by atoms with Gasteiger partial charge in [-0.3, -0.25) is 14.6 Å². The second-order valence-electron chi connectivity index (χ2n) is 6.34. The molecule has 0 spiro atoms. The average molecular weight is 504 g/mol. The first-order valence-corrected chi connectivity index (χ1v) is 8.67. The van der Waals surface area contributed by atoms with Crippen LogP contribution < -0.4 is 5.32 Å². The Morgan fingerprint density at radius 2 is 2.22 bits per heavy atom. The first-order chi connectivity index (χ1) is 12.3. The van der Waals surface area contributed by atoms with Crippen molar-refractivity contribution >= 4 is 29.9 Å². The summed E-state index contributed by atoms with van der Waals surface area (Å²) in [5.74, 6) is 0.699. The summed E-state index contributed by atoms with van der Waals surface area (Å²) in [6.45, 7) is 4.11. The maximum absolute atomic E-state index is 12.4. The van der Waals surface area contributed by atoms with Crippen LogP contribution in [0.3, 0.4) is 0 Å². The summed E-state index contributed by atoms with van der Waals surface area (Å²) in [6.07, 6.45) is -0.590. The third kappa shape index (κ3) is 8.21. The zero-order valence-electron chi connectivity index (χ0n) is 15.9. The molecule has 1 N–H and O–H groups in total. The van der Waals surface area contributed by atoms with Gasteiger partial charge in [-0.25, -0.2) is 0 Å². The summed E-state index contributed by atoms with van der Waals surface area (Å²) in [4.78, 5) is 7.79. The Hall–Kier alpha value is -1.08. The second-order valence-corrected chi connectivity index (χ2v) is 6.34. The van der Waals surface area contributed by atoms with Crippen molar-refractivity contribution in [1.82, 2.24) is 24.9 Å². The van der Waals surface area contributed by atoms with Crippen molar-refractivity contribution < 1.29 is 17.9 Å². The standard InChI is InChI=1S/C16H27F3N6O.HI/c1-4-20-15(21-5-6-23(2)12-16(17,18)19)25-7-8-26-14(11-25)13-9-22-24(3)10-13;/h9-10,14H,4-8,11-12H2,1-3H3,(H,20,21);1H. The molecule has 2 heterocycles. The van der Waals surface area contributed by atoms with Gasteiger partial charge in [-0.1, -0.05) is 0 Å². The third-order valence-corrected chi connectivity index (χ3v) is 3.99. The topological polar surface area (TPSA) is 57.9 Å². The predicted molar refractivity (Wildman–Crippen MR) is 108 cm³/mol. The van der Waals surface area contributed by atoms with E-state index in [0.717, 1.165) is 5.56 Å². The second kappa shape index (κ2) is 11.1. The summed E-state index contributed by atoms with van der Waals surface area (Å²) in [5.41, 5.74) is 0.998. The molecular formula is C16H28F3IN6O. The highest BCUT2D eigenvalue weighted by Gasteiger charge is 2.29. The van der Waals surface area contributed by atoms with E-state index in [4.69, 9.17) is 4.74 Å². The van der Waals surface area contributed by atoms with E-state index in [9.17, 15) is 13.2 Å². The van der Waals surface area contributed by atoms with Crippen molar-refractivity contribution in [2.24, 2.45) is 12.0 Å². The number of likely N-dealkylation sites (N-methyl/N-ethyl adjacent to an activating group) is 1. The molecule has 1 aliphatic heterocycles. The maximum Gasteiger partial charge on any atom is 0.401 e. The van der Waals surface area contributed by atoms with E-state index in [2.05, 4.69) is 20.3 Å². The van der Waals surface area contributed by atoms with Gasteiger partial charge in [0.2, 0.25) is 0 Å². The highest BCUT2D eigenvalue weighted by Crippen LogP contribution is 2.21. The van der Waals surface area contributed by atoms with Crippen molar-refractivity contribution in [1.29, 1.82) is 0 Å². The third-order valence-electron chi connectivity index (χ3n) is 3.99. The Morgan fingerprint density at radius 1 is 1.48 bits per heavy atom. The first kappa shape index (κ1) is 24.0. The molecule has 0 aliphatic carbocycles. The number of aryl methyl sites for hydroxylation is 1. The van der Waals surface area contributed by atoms with Gasteiger partial charge in [-0.05, 0) is 14.0 Å². The summed E-state index contributed by atoms with van der Waals surface area (Å²) >= 11 is 0. The number of aliphatic imine (C=N–C) groups is 1. The van der Waals surface area contributed by atoms with Crippen LogP contribution in [0.25, 0.3) is 0 Å². The lowest BCUT2D eigenvalue weighted by molar-refractivity contribution is -0.142. The number of hydrogen-bond donors (Lipinski definition) is 1. The number of aromatic nitrogens is 2. The molecule has 1 fully saturated rings. The summed E-state index contributed by atoms with van der Waals surface area (Å²) in [5, 5.41) is 7.38. The molecule has 0 bridgehead atoms. The smallest absolute Gasteiger partial charge is 0.370 e. The Labute approximate surface area is 174 Å². The number of morpholine rings is 1. The maximum atomic E-state index is 12.4. The molecule has 1 aliphatic rings. The normalized spacial score (nSPS) is 18.6. The zero-order chi connectivity index (χ0) is 19.2. The van der Waals surface area contributed by atoms with Crippen LogP contribution in [0.4, 0.5) is 13.2 Å². The Morgan fingerprint density at radius 3 is 2.81 bits per heavy atom. The van der Waals surface area contributed by atoms with Crippen LogP contribution in [0.2, 0.25) is 0 Å². The van der Waals surface area contributed by atoms with E-state index < -0.39 is 12.7 Å². The number of halogens is 4. The van der Waals surface area contributed by atoms with Crippen LogP contribution in [0, 0.1) is 0 Å². The fraction of sp³-hybridized carbons (Fsp3) is 0.750. The number of hydrogen-bond acceptors (Lipinski definition) is 4. The van der Waals surface area contributed by atoms with Crippen molar-refractivity contribution in [3.8, 4) is 0 Å². The molecule has 1 unspecified atom stereocenters. The molecule has 0 aromatic carbocycles. The molecule has 1 atom stereocenters. The van der Waals surface area contributed by atoms with Crippen LogP contribution >= 0.6 is 24.0 Å². The lowest BCUT2D eigenvalue weighted by atomic mass is 10.1. The van der Waals surface area contributed by atoms with Gasteiger partial charge in [0, 0.05) is 38.4 Å². The monoisotopic (exact) mass is 504 g/mol. The highest BCUT2D eigenvalue weighted by molar-refractivity contribution is 14.0. The van der Waals surface area contributed by atoms with Crippen LogP contribution in [0.5, 0.6) is 0 Å². The van der Waals surface area contributed by atoms with E-state index >= 15 is 0 Å². The van der Waals surface area contributed by atoms with Gasteiger partial charge in [0.15, 0.2) is 5.96 Å². The van der Waals surface area contributed by atoms with E-state index in [0.29, 0.717) is 38.7 Å². The highest BCUT2D eigenvalue weighted by atomic mass is 127. The largest absolute Gasteiger partial charge is 0.401 e. The van der Waals surface area contributed by atoms with Crippen molar-refractivity contribution in [3.05, 3.63) is 18.0 Å². The molecule has 1 aromatic heterocycles. The first-order valence-electron chi connectivity index (χ1n) is 8.67. The molecule has 1 aromatic rings. The van der Waals surface area contributed by atoms with Gasteiger partial charge < -0.3 is 15.0 Å². The number of guanidine groups is 1. The fourth-order valence-corrected chi connectivity index (χ4v) is 2.79. The quantitative estimate of drug-likeness (QED) is 0.365. The fourth-order valence-electron chi connectivity index (χ4n) is 2.79. The Kier molecular flexibility index (Phi) is 9.81. The van der Waals surface area contributed by atoms with Gasteiger partial charge in [0.1, 0.15) is 6.10 Å². The zero-order valence-corrected chi connectivity index (χ0v) is 18.2.